The van der Waals surface area contributed by atoms with Gasteiger partial charge in [-0.2, -0.15) is 5.10 Å². The highest BCUT2D eigenvalue weighted by Gasteiger charge is 2.14. The van der Waals surface area contributed by atoms with Gasteiger partial charge in [0, 0.05) is 4.47 Å². The highest BCUT2D eigenvalue weighted by Crippen LogP contribution is 2.26. The average molecular weight is 458 g/mol. The summed E-state index contributed by atoms with van der Waals surface area (Å²) in [5.74, 6) is -0.743. The number of anilines is 1. The predicted octanol–water partition coefficient (Wildman–Crippen LogP) is 4.45. The first kappa shape index (κ1) is 18.6. The molecule has 0 radical (unpaired) electrons. The molecule has 2 aromatic carbocycles. The lowest BCUT2D eigenvalue weighted by Gasteiger charge is -2.07. The van der Waals surface area contributed by atoms with E-state index in [0.29, 0.717) is 15.1 Å². The average Bonchev–Trinajstić information content (AvgIpc) is 3.14. The number of amides is 1. The highest BCUT2D eigenvalue weighted by atomic mass is 79.9. The fraction of sp³-hybridized carbons (Fsp3) is 0.0526. The molecular formula is C19H13BrFN5OS. The Hall–Kier alpha value is -2.78. The first-order valence-electron chi connectivity index (χ1n) is 8.23. The lowest BCUT2D eigenvalue weighted by atomic mass is 10.3. The van der Waals surface area contributed by atoms with Crippen LogP contribution in [0.2, 0.25) is 0 Å². The molecule has 0 fully saturated rings. The third kappa shape index (κ3) is 3.90. The number of benzene rings is 2. The summed E-state index contributed by atoms with van der Waals surface area (Å²) < 4.78 is 16.2. The maximum Gasteiger partial charge on any atom is 0.234 e. The van der Waals surface area contributed by atoms with Crippen LogP contribution >= 0.6 is 27.7 Å². The van der Waals surface area contributed by atoms with Gasteiger partial charge >= 0.3 is 0 Å². The van der Waals surface area contributed by atoms with E-state index >= 15 is 0 Å². The molecule has 4 rings (SSSR count). The molecule has 0 saturated heterocycles. The van der Waals surface area contributed by atoms with Gasteiger partial charge in [-0.05, 0) is 30.3 Å². The summed E-state index contributed by atoms with van der Waals surface area (Å²) in [4.78, 5) is 20.8. The second-order valence-electron chi connectivity index (χ2n) is 5.77. The van der Waals surface area contributed by atoms with E-state index in [2.05, 4.69) is 36.3 Å². The fourth-order valence-corrected chi connectivity index (χ4v) is 3.70. The van der Waals surface area contributed by atoms with Crippen LogP contribution in [0.3, 0.4) is 0 Å². The molecule has 9 heteroatoms. The van der Waals surface area contributed by atoms with E-state index in [-0.39, 0.29) is 17.3 Å². The topological polar surface area (TPSA) is 72.7 Å². The van der Waals surface area contributed by atoms with Gasteiger partial charge in [0.15, 0.2) is 5.65 Å². The number of thioether (sulfide) groups is 1. The molecule has 2 aromatic heterocycles. The number of rotatable bonds is 5. The molecule has 6 nitrogen and oxygen atoms in total. The lowest BCUT2D eigenvalue weighted by molar-refractivity contribution is -0.113. The predicted molar refractivity (Wildman–Crippen MR) is 110 cm³/mol. The van der Waals surface area contributed by atoms with Crippen LogP contribution in [0.4, 0.5) is 10.1 Å². The van der Waals surface area contributed by atoms with Crippen LogP contribution in [0, 0.1) is 5.82 Å². The third-order valence-corrected chi connectivity index (χ3v) is 5.37. The Morgan fingerprint density at radius 3 is 2.79 bits per heavy atom. The van der Waals surface area contributed by atoms with E-state index in [1.54, 1.807) is 16.9 Å². The maximum atomic E-state index is 13.9. The number of carbonyl (C=O) groups is 1. The minimum Gasteiger partial charge on any atom is -0.323 e. The van der Waals surface area contributed by atoms with Crippen LogP contribution in [-0.4, -0.2) is 31.4 Å². The summed E-state index contributed by atoms with van der Waals surface area (Å²) in [7, 11) is 0. The summed E-state index contributed by atoms with van der Waals surface area (Å²) in [6, 6.07) is 14.1. The molecule has 0 saturated carbocycles. The minimum atomic E-state index is -0.499. The number of hydrogen-bond donors (Lipinski definition) is 1. The third-order valence-electron chi connectivity index (χ3n) is 3.88. The van der Waals surface area contributed by atoms with E-state index in [0.717, 1.165) is 11.1 Å². The van der Waals surface area contributed by atoms with Gasteiger partial charge < -0.3 is 5.32 Å². The number of fused-ring (bicyclic) bond motifs is 1. The monoisotopic (exact) mass is 457 g/mol. The summed E-state index contributed by atoms with van der Waals surface area (Å²) in [5, 5.41) is 8.34. The zero-order valence-corrected chi connectivity index (χ0v) is 16.7. The normalized spacial score (nSPS) is 10.9. The summed E-state index contributed by atoms with van der Waals surface area (Å²) in [6.45, 7) is 0. The van der Waals surface area contributed by atoms with E-state index in [4.69, 9.17) is 0 Å². The van der Waals surface area contributed by atoms with Crippen molar-refractivity contribution >= 4 is 50.3 Å². The van der Waals surface area contributed by atoms with E-state index in [1.165, 1.54) is 30.2 Å². The van der Waals surface area contributed by atoms with Crippen molar-refractivity contribution < 1.29 is 9.18 Å². The molecule has 4 aromatic rings. The number of halogens is 2. The van der Waals surface area contributed by atoms with Crippen molar-refractivity contribution in [3.8, 4) is 5.69 Å². The van der Waals surface area contributed by atoms with Crippen molar-refractivity contribution in [1.29, 1.82) is 0 Å². The molecule has 1 amide bonds. The van der Waals surface area contributed by atoms with Crippen molar-refractivity contribution in [3.05, 3.63) is 71.3 Å². The van der Waals surface area contributed by atoms with Crippen molar-refractivity contribution in [2.75, 3.05) is 11.1 Å². The van der Waals surface area contributed by atoms with Crippen LogP contribution in [0.1, 0.15) is 0 Å². The highest BCUT2D eigenvalue weighted by molar-refractivity contribution is 9.10. The summed E-state index contributed by atoms with van der Waals surface area (Å²) in [6.07, 6.45) is 3.12. The van der Waals surface area contributed by atoms with E-state index in [1.807, 2.05) is 30.3 Å². The summed E-state index contributed by atoms with van der Waals surface area (Å²) in [5.41, 5.74) is 1.68. The van der Waals surface area contributed by atoms with Gasteiger partial charge in [0.05, 0.1) is 28.7 Å². The second kappa shape index (κ2) is 8.07. The van der Waals surface area contributed by atoms with Gasteiger partial charge in [0.1, 0.15) is 17.2 Å². The van der Waals surface area contributed by atoms with Crippen LogP contribution in [0.5, 0.6) is 0 Å². The minimum absolute atomic E-state index is 0.0815. The zero-order chi connectivity index (χ0) is 19.5. The van der Waals surface area contributed by atoms with E-state index < -0.39 is 5.82 Å². The van der Waals surface area contributed by atoms with Crippen molar-refractivity contribution in [3.63, 3.8) is 0 Å². The molecule has 0 atom stereocenters. The molecule has 0 bridgehead atoms. The van der Waals surface area contributed by atoms with Crippen LogP contribution < -0.4 is 5.32 Å². The lowest BCUT2D eigenvalue weighted by Crippen LogP contribution is -2.15. The Morgan fingerprint density at radius 2 is 2.00 bits per heavy atom. The molecular weight excluding hydrogens is 445 g/mol. The van der Waals surface area contributed by atoms with Crippen molar-refractivity contribution in [1.82, 2.24) is 19.7 Å². The standard InChI is InChI=1S/C19H13BrFN5OS/c20-12-6-7-16(15(21)8-12)25-17(27)10-28-19-14-9-24-26(18(14)22-11-23-19)13-4-2-1-3-5-13/h1-9,11H,10H2,(H,25,27). The molecule has 140 valence electrons. The molecule has 28 heavy (non-hydrogen) atoms. The van der Waals surface area contributed by atoms with Crippen molar-refractivity contribution in [2.45, 2.75) is 5.03 Å². The first-order valence-corrected chi connectivity index (χ1v) is 10.0. The first-order chi connectivity index (χ1) is 13.6. The quantitative estimate of drug-likeness (QED) is 0.354. The van der Waals surface area contributed by atoms with Crippen LogP contribution in [-0.2, 0) is 4.79 Å². The fourth-order valence-electron chi connectivity index (χ4n) is 2.61. The van der Waals surface area contributed by atoms with Gasteiger partial charge in [-0.25, -0.2) is 19.0 Å². The Bertz CT molecular complexity index is 1150. The SMILES string of the molecule is O=C(CSc1ncnc2c1cnn2-c1ccccc1)Nc1ccc(Br)cc1F. The molecule has 0 aliphatic rings. The van der Waals surface area contributed by atoms with Crippen LogP contribution in [0.15, 0.2) is 70.6 Å². The Morgan fingerprint density at radius 1 is 1.18 bits per heavy atom. The van der Waals surface area contributed by atoms with Crippen LogP contribution in [0.25, 0.3) is 16.7 Å². The summed E-state index contributed by atoms with van der Waals surface area (Å²) >= 11 is 4.43. The Kier molecular flexibility index (Phi) is 5.36. The van der Waals surface area contributed by atoms with Crippen molar-refractivity contribution in [2.24, 2.45) is 0 Å². The maximum absolute atomic E-state index is 13.9. The number of nitrogens with one attached hydrogen (secondary N) is 1. The molecule has 2 heterocycles. The zero-order valence-electron chi connectivity index (χ0n) is 14.3. The van der Waals surface area contributed by atoms with Gasteiger partial charge in [-0.15, -0.1) is 0 Å². The second-order valence-corrected chi connectivity index (χ2v) is 7.65. The molecule has 1 N–H and O–H groups in total. The smallest absolute Gasteiger partial charge is 0.234 e. The van der Waals surface area contributed by atoms with E-state index in [9.17, 15) is 9.18 Å². The Labute approximate surface area is 172 Å². The molecule has 0 aliphatic carbocycles. The van der Waals surface area contributed by atoms with Gasteiger partial charge in [-0.1, -0.05) is 45.9 Å². The van der Waals surface area contributed by atoms with Gasteiger partial charge in [-0.3, -0.25) is 4.79 Å². The number of para-hydroxylation sites is 1. The molecule has 0 unspecified atom stereocenters. The number of nitrogens with zero attached hydrogens (tertiary/aromatic N) is 4. The molecule has 0 spiro atoms. The van der Waals surface area contributed by atoms with Gasteiger partial charge in [0.25, 0.3) is 0 Å². The Balaban J connectivity index is 1.51. The number of carbonyl (C=O) groups excluding carboxylic acids is 1. The largest absolute Gasteiger partial charge is 0.323 e. The molecule has 0 aliphatic heterocycles. The van der Waals surface area contributed by atoms with Gasteiger partial charge in [0.2, 0.25) is 5.91 Å². The number of aromatic nitrogens is 4. The number of hydrogen-bond acceptors (Lipinski definition) is 5.